The Hall–Kier alpha value is 0.720. The molecule has 3 heteroatoms. The minimum absolute atomic E-state index is 0.592. The molecule has 11 heavy (non-hydrogen) atoms. The van der Waals surface area contributed by atoms with Gasteiger partial charge in [0.15, 0.2) is 0 Å². The zero-order valence-corrected chi connectivity index (χ0v) is 10.5. The monoisotopic (exact) mass is 344 g/mol. The molecule has 0 aromatic heterocycles. The van der Waals surface area contributed by atoms with Crippen molar-refractivity contribution in [2.75, 3.05) is 0 Å². The van der Waals surface area contributed by atoms with E-state index >= 15 is 0 Å². The second-order valence-electron chi connectivity index (χ2n) is 2.33. The molecule has 1 aromatic rings. The van der Waals surface area contributed by atoms with Gasteiger partial charge < -0.3 is 0 Å². The average Bonchev–Trinajstić information content (AvgIpc) is 1.97. The summed E-state index contributed by atoms with van der Waals surface area (Å²) in [5.41, 5.74) is 2.45. The lowest BCUT2D eigenvalue weighted by molar-refractivity contribution is 1.28. The van der Waals surface area contributed by atoms with Gasteiger partial charge in [0, 0.05) is 13.9 Å². The van der Waals surface area contributed by atoms with Gasteiger partial charge >= 0.3 is 0 Å². The zero-order chi connectivity index (χ0) is 8.43. The van der Waals surface area contributed by atoms with Crippen LogP contribution in [0.1, 0.15) is 11.1 Å². The Morgan fingerprint density at radius 3 is 2.73 bits per heavy atom. The molecule has 0 N–H and O–H groups in total. The molecular formula is C8H7BrClI. The molecule has 0 aliphatic rings. The molecule has 0 radical (unpaired) electrons. The van der Waals surface area contributed by atoms with Crippen molar-refractivity contribution in [3.05, 3.63) is 31.3 Å². The molecule has 0 unspecified atom stereocenters. The summed E-state index contributed by atoms with van der Waals surface area (Å²) in [6.07, 6.45) is 0. The highest BCUT2D eigenvalue weighted by Gasteiger charge is 2.01. The lowest BCUT2D eigenvalue weighted by Gasteiger charge is -2.03. The highest BCUT2D eigenvalue weighted by molar-refractivity contribution is 14.1. The number of aryl methyl sites for hydroxylation is 1. The molecule has 0 amide bonds. The molecule has 0 bridgehead atoms. The van der Waals surface area contributed by atoms with Crippen molar-refractivity contribution in [2.45, 2.75) is 12.8 Å². The third-order valence-electron chi connectivity index (χ3n) is 1.52. The number of hydrogen-bond acceptors (Lipinski definition) is 0. The van der Waals surface area contributed by atoms with Gasteiger partial charge in [-0.05, 0) is 68.7 Å². The van der Waals surface area contributed by atoms with E-state index in [1.807, 2.05) is 0 Å². The van der Waals surface area contributed by atoms with Crippen LogP contribution in [0.4, 0.5) is 0 Å². The van der Waals surface area contributed by atoms with Gasteiger partial charge in [0.05, 0.1) is 0 Å². The molecule has 1 aromatic carbocycles. The Morgan fingerprint density at radius 2 is 2.18 bits per heavy atom. The summed E-state index contributed by atoms with van der Waals surface area (Å²) >= 11 is 11.5. The van der Waals surface area contributed by atoms with Crippen LogP contribution in [0.5, 0.6) is 0 Å². The van der Waals surface area contributed by atoms with Crippen LogP contribution in [0.3, 0.4) is 0 Å². The number of halogens is 3. The second kappa shape index (κ2) is 4.10. The maximum atomic E-state index is 5.74. The number of benzene rings is 1. The van der Waals surface area contributed by atoms with Crippen LogP contribution >= 0.6 is 50.1 Å². The maximum absolute atomic E-state index is 5.74. The van der Waals surface area contributed by atoms with Gasteiger partial charge in [-0.15, -0.1) is 11.6 Å². The van der Waals surface area contributed by atoms with Gasteiger partial charge in [0.2, 0.25) is 0 Å². The van der Waals surface area contributed by atoms with Gasteiger partial charge in [-0.3, -0.25) is 0 Å². The number of hydrogen-bond donors (Lipinski definition) is 0. The third kappa shape index (κ3) is 2.33. The Labute approximate surface area is 93.6 Å². The lowest BCUT2D eigenvalue weighted by Crippen LogP contribution is -1.86. The largest absolute Gasteiger partial charge is 0.122 e. The van der Waals surface area contributed by atoms with Crippen LogP contribution in [0.25, 0.3) is 0 Å². The van der Waals surface area contributed by atoms with Crippen molar-refractivity contribution in [1.82, 2.24) is 0 Å². The fraction of sp³-hybridized carbons (Fsp3) is 0.250. The van der Waals surface area contributed by atoms with Crippen molar-refractivity contribution < 1.29 is 0 Å². The summed E-state index contributed by atoms with van der Waals surface area (Å²) in [5, 5.41) is 0. The van der Waals surface area contributed by atoms with Gasteiger partial charge in [0.25, 0.3) is 0 Å². The quantitative estimate of drug-likeness (QED) is 0.531. The van der Waals surface area contributed by atoms with E-state index in [1.54, 1.807) is 0 Å². The van der Waals surface area contributed by atoms with Gasteiger partial charge in [0.1, 0.15) is 0 Å². The first-order valence-corrected chi connectivity index (χ1v) is 5.56. The lowest BCUT2D eigenvalue weighted by atomic mass is 10.1. The molecular weight excluding hydrogens is 338 g/mol. The normalized spacial score (nSPS) is 10.2. The highest BCUT2D eigenvalue weighted by Crippen LogP contribution is 2.23. The highest BCUT2D eigenvalue weighted by atomic mass is 127. The van der Waals surface area contributed by atoms with Crippen molar-refractivity contribution in [3.63, 3.8) is 0 Å². The van der Waals surface area contributed by atoms with Crippen LogP contribution in [-0.2, 0) is 5.88 Å². The first-order chi connectivity index (χ1) is 5.15. The topological polar surface area (TPSA) is 0 Å². The molecule has 0 saturated carbocycles. The van der Waals surface area contributed by atoms with E-state index in [-0.39, 0.29) is 0 Å². The summed E-state index contributed by atoms with van der Waals surface area (Å²) in [6, 6.07) is 4.20. The summed E-state index contributed by atoms with van der Waals surface area (Å²) < 4.78 is 2.35. The number of rotatable bonds is 1. The van der Waals surface area contributed by atoms with Crippen LogP contribution in [0, 0.1) is 10.5 Å². The standard InChI is InChI=1S/C8H7BrClI/c1-5-2-7(9)8(11)3-6(5)4-10/h2-3H,4H2,1H3. The van der Waals surface area contributed by atoms with Crippen LogP contribution < -0.4 is 0 Å². The summed E-state index contributed by atoms with van der Waals surface area (Å²) in [7, 11) is 0. The van der Waals surface area contributed by atoms with E-state index in [0.29, 0.717) is 5.88 Å². The second-order valence-corrected chi connectivity index (χ2v) is 4.61. The average molecular weight is 345 g/mol. The van der Waals surface area contributed by atoms with E-state index in [9.17, 15) is 0 Å². The zero-order valence-electron chi connectivity index (χ0n) is 6.00. The van der Waals surface area contributed by atoms with Crippen LogP contribution in [0.15, 0.2) is 16.6 Å². The smallest absolute Gasteiger partial charge is 0.0477 e. The minimum atomic E-state index is 0.592. The van der Waals surface area contributed by atoms with Crippen molar-refractivity contribution in [3.8, 4) is 0 Å². The summed E-state index contributed by atoms with van der Waals surface area (Å²) in [5.74, 6) is 0.592. The third-order valence-corrected chi connectivity index (χ3v) is 4.10. The Kier molecular flexibility index (Phi) is 3.65. The van der Waals surface area contributed by atoms with E-state index in [2.05, 4.69) is 57.6 Å². The minimum Gasteiger partial charge on any atom is -0.122 e. The fourth-order valence-corrected chi connectivity index (χ4v) is 2.11. The molecule has 0 spiro atoms. The predicted molar refractivity (Wildman–Crippen MR) is 61.2 cm³/mol. The number of alkyl halides is 1. The molecule has 0 heterocycles. The van der Waals surface area contributed by atoms with Crippen LogP contribution in [0.2, 0.25) is 0 Å². The van der Waals surface area contributed by atoms with Crippen molar-refractivity contribution in [1.29, 1.82) is 0 Å². The molecule has 60 valence electrons. The van der Waals surface area contributed by atoms with E-state index in [4.69, 9.17) is 11.6 Å². The Bertz CT molecular complexity index is 273. The first kappa shape index (κ1) is 9.81. The van der Waals surface area contributed by atoms with E-state index in [0.717, 1.165) is 4.47 Å². The molecule has 0 aliphatic heterocycles. The van der Waals surface area contributed by atoms with Crippen molar-refractivity contribution in [2.24, 2.45) is 0 Å². The molecule has 0 nitrogen and oxygen atoms in total. The maximum Gasteiger partial charge on any atom is 0.0477 e. The predicted octanol–water partition coefficient (Wildman–Crippen LogP) is 4.10. The fourth-order valence-electron chi connectivity index (χ4n) is 0.831. The molecule has 0 saturated heterocycles. The summed E-state index contributed by atoms with van der Waals surface area (Å²) in [6.45, 7) is 2.07. The van der Waals surface area contributed by atoms with Gasteiger partial charge in [-0.2, -0.15) is 0 Å². The van der Waals surface area contributed by atoms with Crippen molar-refractivity contribution >= 4 is 50.1 Å². The summed E-state index contributed by atoms with van der Waals surface area (Å²) in [4.78, 5) is 0. The molecule has 0 aliphatic carbocycles. The van der Waals surface area contributed by atoms with Gasteiger partial charge in [-0.1, -0.05) is 0 Å². The van der Waals surface area contributed by atoms with E-state index in [1.165, 1.54) is 14.7 Å². The molecule has 1 rings (SSSR count). The SMILES string of the molecule is Cc1cc(Br)c(I)cc1CCl. The van der Waals surface area contributed by atoms with Gasteiger partial charge in [-0.25, -0.2) is 0 Å². The first-order valence-electron chi connectivity index (χ1n) is 3.15. The Balaban J connectivity index is 3.21. The Morgan fingerprint density at radius 1 is 1.55 bits per heavy atom. The molecule has 0 atom stereocenters. The van der Waals surface area contributed by atoms with Crippen LogP contribution in [-0.4, -0.2) is 0 Å². The molecule has 0 fully saturated rings. The van der Waals surface area contributed by atoms with E-state index < -0.39 is 0 Å².